The Kier molecular flexibility index (Phi) is 4.35. The molecule has 0 radical (unpaired) electrons. The van der Waals surface area contributed by atoms with E-state index in [1.807, 2.05) is 11.8 Å². The van der Waals surface area contributed by atoms with Gasteiger partial charge < -0.3 is 10.0 Å². The number of aliphatic hydroxyl groups excluding tert-OH is 1. The Hall–Kier alpha value is -1.94. The van der Waals surface area contributed by atoms with Gasteiger partial charge in [-0.1, -0.05) is 6.07 Å². The van der Waals surface area contributed by atoms with Crippen LogP contribution in [0.5, 0.6) is 0 Å². The molecule has 1 atom stereocenters. The van der Waals surface area contributed by atoms with Gasteiger partial charge >= 0.3 is 0 Å². The van der Waals surface area contributed by atoms with Crippen LogP contribution in [0.3, 0.4) is 0 Å². The Morgan fingerprint density at radius 3 is 2.40 bits per heavy atom. The highest BCUT2D eigenvalue weighted by Crippen LogP contribution is 2.32. The van der Waals surface area contributed by atoms with Gasteiger partial charge in [-0.2, -0.15) is 0 Å². The highest BCUT2D eigenvalue weighted by Gasteiger charge is 2.16. The highest BCUT2D eigenvalue weighted by molar-refractivity contribution is 5.66. The van der Waals surface area contributed by atoms with Crippen LogP contribution in [0.2, 0.25) is 0 Å². The molecular formula is C16H17F2NO. The molecular weight excluding hydrogens is 260 g/mol. The molecule has 0 amide bonds. The third-order valence-corrected chi connectivity index (χ3v) is 3.17. The first-order chi connectivity index (χ1) is 9.52. The molecule has 0 saturated heterocycles. The first-order valence-electron chi connectivity index (χ1n) is 6.53. The summed E-state index contributed by atoms with van der Waals surface area (Å²) in [4.78, 5) is 1.84. The third kappa shape index (κ3) is 2.96. The molecule has 0 saturated carbocycles. The van der Waals surface area contributed by atoms with Crippen molar-refractivity contribution in [3.63, 3.8) is 0 Å². The van der Waals surface area contributed by atoms with Gasteiger partial charge in [-0.05, 0) is 50.2 Å². The Balaban J connectivity index is 2.52. The summed E-state index contributed by atoms with van der Waals surface area (Å²) in [5.74, 6) is -0.735. The van der Waals surface area contributed by atoms with Crippen molar-refractivity contribution < 1.29 is 13.9 Å². The average Bonchev–Trinajstić information content (AvgIpc) is 2.41. The molecule has 0 aliphatic rings. The van der Waals surface area contributed by atoms with E-state index in [1.54, 1.807) is 25.1 Å². The number of hydrogen-bond donors (Lipinski definition) is 1. The minimum absolute atomic E-state index is 0.332. The van der Waals surface area contributed by atoms with Gasteiger partial charge in [-0.25, -0.2) is 8.78 Å². The molecule has 2 rings (SSSR count). The average molecular weight is 277 g/mol. The molecule has 0 heterocycles. The number of hydrogen-bond acceptors (Lipinski definition) is 2. The molecule has 0 aliphatic heterocycles. The first kappa shape index (κ1) is 14.5. The van der Waals surface area contributed by atoms with Crippen LogP contribution in [0, 0.1) is 11.6 Å². The quantitative estimate of drug-likeness (QED) is 0.906. The molecule has 0 aromatic heterocycles. The van der Waals surface area contributed by atoms with E-state index in [2.05, 4.69) is 0 Å². The van der Waals surface area contributed by atoms with Crippen LogP contribution in [0.1, 0.15) is 25.5 Å². The Labute approximate surface area is 117 Å². The predicted molar refractivity (Wildman–Crippen MR) is 76.1 cm³/mol. The van der Waals surface area contributed by atoms with Crippen molar-refractivity contribution in [1.82, 2.24) is 0 Å². The van der Waals surface area contributed by atoms with Crippen LogP contribution in [-0.2, 0) is 0 Å². The largest absolute Gasteiger partial charge is 0.389 e. The lowest BCUT2D eigenvalue weighted by Gasteiger charge is -2.27. The van der Waals surface area contributed by atoms with E-state index in [0.29, 0.717) is 23.5 Å². The third-order valence-electron chi connectivity index (χ3n) is 3.17. The van der Waals surface area contributed by atoms with Gasteiger partial charge in [-0.3, -0.25) is 0 Å². The summed E-state index contributed by atoms with van der Waals surface area (Å²) in [6, 6.07) is 10.4. The van der Waals surface area contributed by atoms with E-state index in [-0.39, 0.29) is 5.82 Å². The molecule has 0 bridgehead atoms. The fourth-order valence-corrected chi connectivity index (χ4v) is 2.24. The number of aliphatic hydroxyl groups is 1. The fourth-order valence-electron chi connectivity index (χ4n) is 2.24. The van der Waals surface area contributed by atoms with Gasteiger partial charge in [0.15, 0.2) is 0 Å². The molecule has 0 fully saturated rings. The number of benzene rings is 2. The minimum Gasteiger partial charge on any atom is -0.389 e. The van der Waals surface area contributed by atoms with E-state index in [1.165, 1.54) is 24.3 Å². The van der Waals surface area contributed by atoms with E-state index < -0.39 is 11.9 Å². The van der Waals surface area contributed by atoms with Crippen LogP contribution in [0.4, 0.5) is 20.2 Å². The smallest absolute Gasteiger partial charge is 0.125 e. The maximum Gasteiger partial charge on any atom is 0.125 e. The van der Waals surface area contributed by atoms with Crippen molar-refractivity contribution in [2.45, 2.75) is 20.0 Å². The van der Waals surface area contributed by atoms with Crippen LogP contribution in [-0.4, -0.2) is 11.7 Å². The summed E-state index contributed by atoms with van der Waals surface area (Å²) in [6.07, 6.45) is -0.802. The molecule has 2 aromatic carbocycles. The first-order valence-corrected chi connectivity index (χ1v) is 6.53. The van der Waals surface area contributed by atoms with Crippen LogP contribution >= 0.6 is 0 Å². The van der Waals surface area contributed by atoms with Crippen LogP contribution in [0.15, 0.2) is 42.5 Å². The highest BCUT2D eigenvalue weighted by atomic mass is 19.1. The van der Waals surface area contributed by atoms with Crippen LogP contribution in [0.25, 0.3) is 0 Å². The lowest BCUT2D eigenvalue weighted by atomic mass is 10.1. The van der Waals surface area contributed by atoms with Crippen molar-refractivity contribution in [1.29, 1.82) is 0 Å². The van der Waals surface area contributed by atoms with Gasteiger partial charge in [0.2, 0.25) is 0 Å². The zero-order valence-electron chi connectivity index (χ0n) is 11.5. The van der Waals surface area contributed by atoms with Crippen molar-refractivity contribution in [2.75, 3.05) is 11.4 Å². The molecule has 20 heavy (non-hydrogen) atoms. The molecule has 106 valence electrons. The molecule has 2 aromatic rings. The SMILES string of the molecule is CCN(c1cccc(F)c1)c1ccc(F)cc1C(C)O. The van der Waals surface area contributed by atoms with Gasteiger partial charge in [0.1, 0.15) is 11.6 Å². The number of halogens is 2. The van der Waals surface area contributed by atoms with E-state index in [4.69, 9.17) is 0 Å². The molecule has 0 spiro atoms. The minimum atomic E-state index is -0.802. The summed E-state index contributed by atoms with van der Waals surface area (Å²) in [7, 11) is 0. The molecule has 4 heteroatoms. The second kappa shape index (κ2) is 6.01. The predicted octanol–water partition coefficient (Wildman–Crippen LogP) is 4.18. The zero-order valence-corrected chi connectivity index (χ0v) is 11.5. The summed E-state index contributed by atoms with van der Waals surface area (Å²) in [6.45, 7) is 4.08. The summed E-state index contributed by atoms with van der Waals surface area (Å²) >= 11 is 0. The second-order valence-electron chi connectivity index (χ2n) is 4.60. The topological polar surface area (TPSA) is 23.5 Å². The summed E-state index contributed by atoms with van der Waals surface area (Å²) < 4.78 is 26.7. The summed E-state index contributed by atoms with van der Waals surface area (Å²) in [5, 5.41) is 9.81. The van der Waals surface area contributed by atoms with Gasteiger partial charge in [0, 0.05) is 23.5 Å². The van der Waals surface area contributed by atoms with Crippen molar-refractivity contribution in [3.8, 4) is 0 Å². The summed E-state index contributed by atoms with van der Waals surface area (Å²) in [5.41, 5.74) is 1.83. The number of nitrogens with zero attached hydrogens (tertiary/aromatic N) is 1. The second-order valence-corrected chi connectivity index (χ2v) is 4.60. The monoisotopic (exact) mass is 277 g/mol. The standard InChI is InChI=1S/C16H17F2NO/c1-3-19(14-6-4-5-12(17)9-14)16-8-7-13(18)10-15(16)11(2)20/h4-11,20H,3H2,1-2H3. The maximum atomic E-state index is 13.4. The lowest BCUT2D eigenvalue weighted by Crippen LogP contribution is -2.18. The van der Waals surface area contributed by atoms with Crippen molar-refractivity contribution >= 4 is 11.4 Å². The van der Waals surface area contributed by atoms with Crippen LogP contribution < -0.4 is 4.90 Å². The van der Waals surface area contributed by atoms with Gasteiger partial charge in [0.05, 0.1) is 6.10 Å². The Morgan fingerprint density at radius 2 is 1.80 bits per heavy atom. The van der Waals surface area contributed by atoms with Gasteiger partial charge in [0.25, 0.3) is 0 Å². The zero-order chi connectivity index (χ0) is 14.7. The normalized spacial score (nSPS) is 12.2. The Bertz CT molecular complexity index is 599. The van der Waals surface area contributed by atoms with E-state index >= 15 is 0 Å². The van der Waals surface area contributed by atoms with E-state index in [0.717, 1.165) is 0 Å². The van der Waals surface area contributed by atoms with E-state index in [9.17, 15) is 13.9 Å². The van der Waals surface area contributed by atoms with Gasteiger partial charge in [-0.15, -0.1) is 0 Å². The maximum absolute atomic E-state index is 13.4. The lowest BCUT2D eigenvalue weighted by molar-refractivity contribution is 0.199. The molecule has 1 N–H and O–H groups in total. The van der Waals surface area contributed by atoms with Crippen molar-refractivity contribution in [3.05, 3.63) is 59.7 Å². The molecule has 1 unspecified atom stereocenters. The number of anilines is 2. The Morgan fingerprint density at radius 1 is 1.10 bits per heavy atom. The number of rotatable bonds is 4. The molecule has 0 aliphatic carbocycles. The molecule has 2 nitrogen and oxygen atoms in total. The van der Waals surface area contributed by atoms with Crippen molar-refractivity contribution in [2.24, 2.45) is 0 Å². The fraction of sp³-hybridized carbons (Fsp3) is 0.250.